The summed E-state index contributed by atoms with van der Waals surface area (Å²) in [7, 11) is 2.02. The maximum atomic E-state index is 12.1. The van der Waals surface area contributed by atoms with E-state index in [0.29, 0.717) is 12.6 Å². The van der Waals surface area contributed by atoms with Gasteiger partial charge in [-0.25, -0.2) is 0 Å². The Bertz CT molecular complexity index is 380. The quantitative estimate of drug-likeness (QED) is 0.711. The molecular weight excluding hydrogens is 310 g/mol. The fraction of sp³-hybridized carbons (Fsp3) is 0.500. The Morgan fingerprint density at radius 3 is 2.56 bits per heavy atom. The van der Waals surface area contributed by atoms with Crippen molar-refractivity contribution in [2.45, 2.75) is 19.4 Å². The molecule has 0 bridgehead atoms. The summed E-state index contributed by atoms with van der Waals surface area (Å²) in [5.74, 6) is 1.32. The van der Waals surface area contributed by atoms with Crippen LogP contribution in [0.25, 0.3) is 0 Å². The van der Waals surface area contributed by atoms with Crippen molar-refractivity contribution in [2.24, 2.45) is 0 Å². The van der Waals surface area contributed by atoms with Gasteiger partial charge in [0.15, 0.2) is 5.78 Å². The van der Waals surface area contributed by atoms with Gasteiger partial charge in [0, 0.05) is 16.1 Å². The number of hydrogen-bond acceptors (Lipinski definition) is 3. The highest BCUT2D eigenvalue weighted by molar-refractivity contribution is 9.10. The lowest BCUT2D eigenvalue weighted by atomic mass is 10.1. The first-order valence-electron chi connectivity index (χ1n) is 6.02. The van der Waals surface area contributed by atoms with Gasteiger partial charge in [-0.05, 0) is 44.5 Å². The average molecular weight is 330 g/mol. The molecule has 0 radical (unpaired) electrons. The van der Waals surface area contributed by atoms with Crippen molar-refractivity contribution in [3.05, 3.63) is 34.3 Å². The highest BCUT2D eigenvalue weighted by Crippen LogP contribution is 2.12. The van der Waals surface area contributed by atoms with E-state index >= 15 is 0 Å². The van der Waals surface area contributed by atoms with Crippen LogP contribution in [0.15, 0.2) is 28.7 Å². The van der Waals surface area contributed by atoms with Gasteiger partial charge in [-0.15, -0.1) is 0 Å². The molecule has 1 rings (SSSR count). The predicted molar refractivity (Wildman–Crippen MR) is 83.6 cm³/mol. The van der Waals surface area contributed by atoms with Gasteiger partial charge in [-0.1, -0.05) is 28.1 Å². The van der Waals surface area contributed by atoms with Crippen molar-refractivity contribution in [1.82, 2.24) is 4.90 Å². The van der Waals surface area contributed by atoms with Crippen LogP contribution in [-0.2, 0) is 0 Å². The van der Waals surface area contributed by atoms with Gasteiger partial charge in [0.25, 0.3) is 0 Å². The van der Waals surface area contributed by atoms with Crippen LogP contribution >= 0.6 is 27.7 Å². The Morgan fingerprint density at radius 1 is 1.39 bits per heavy atom. The Kier molecular flexibility index (Phi) is 6.97. The number of halogens is 1. The second-order valence-corrected chi connectivity index (χ2v) is 6.38. The minimum Gasteiger partial charge on any atom is -0.296 e. The summed E-state index contributed by atoms with van der Waals surface area (Å²) in [6, 6.07) is 7.99. The van der Waals surface area contributed by atoms with Crippen molar-refractivity contribution in [2.75, 3.05) is 25.6 Å². The number of carbonyl (C=O) groups excluding carboxylic acids is 1. The molecule has 0 saturated heterocycles. The Hall–Kier alpha value is -0.320. The topological polar surface area (TPSA) is 20.3 Å². The van der Waals surface area contributed by atoms with E-state index < -0.39 is 0 Å². The van der Waals surface area contributed by atoms with Gasteiger partial charge in [-0.2, -0.15) is 11.8 Å². The predicted octanol–water partition coefficient (Wildman–Crippen LogP) is 3.71. The summed E-state index contributed by atoms with van der Waals surface area (Å²) in [4.78, 5) is 14.2. The largest absolute Gasteiger partial charge is 0.296 e. The van der Waals surface area contributed by atoms with Gasteiger partial charge in [0.2, 0.25) is 0 Å². The molecule has 0 amide bonds. The maximum Gasteiger partial charge on any atom is 0.176 e. The number of likely N-dealkylation sites (N-methyl/N-ethyl adjacent to an activating group) is 1. The summed E-state index contributed by atoms with van der Waals surface area (Å²) in [5, 5.41) is 0. The Morgan fingerprint density at radius 2 is 2.00 bits per heavy atom. The minimum absolute atomic E-state index is 0.181. The zero-order valence-electron chi connectivity index (χ0n) is 11.1. The lowest BCUT2D eigenvalue weighted by Crippen LogP contribution is -2.34. The second kappa shape index (κ2) is 7.97. The number of Topliss-reactive ketones (excluding diaryl/α,β-unsaturated/α-hetero) is 1. The molecular formula is C14H20BrNOS. The molecule has 1 unspecified atom stereocenters. The van der Waals surface area contributed by atoms with E-state index in [0.717, 1.165) is 22.2 Å². The first kappa shape index (κ1) is 15.7. The summed E-state index contributed by atoms with van der Waals surface area (Å²) >= 11 is 5.22. The number of thioether (sulfide) groups is 1. The lowest BCUT2D eigenvalue weighted by molar-refractivity contribution is 0.0923. The van der Waals surface area contributed by atoms with Crippen molar-refractivity contribution >= 4 is 33.5 Å². The van der Waals surface area contributed by atoms with Crippen LogP contribution < -0.4 is 0 Å². The molecule has 1 aromatic rings. The molecule has 1 atom stereocenters. The first-order valence-corrected chi connectivity index (χ1v) is 8.21. The highest BCUT2D eigenvalue weighted by Gasteiger charge is 2.14. The van der Waals surface area contributed by atoms with Gasteiger partial charge in [0.1, 0.15) is 0 Å². The molecule has 0 spiro atoms. The van der Waals surface area contributed by atoms with E-state index in [1.807, 2.05) is 43.1 Å². The molecule has 0 heterocycles. The zero-order valence-corrected chi connectivity index (χ0v) is 13.6. The van der Waals surface area contributed by atoms with Crippen LogP contribution in [-0.4, -0.2) is 42.3 Å². The van der Waals surface area contributed by atoms with E-state index in [-0.39, 0.29) is 5.78 Å². The smallest absolute Gasteiger partial charge is 0.176 e. The molecule has 18 heavy (non-hydrogen) atoms. The van der Waals surface area contributed by atoms with Crippen LogP contribution in [0.5, 0.6) is 0 Å². The third-order valence-electron chi connectivity index (χ3n) is 3.05. The Balaban J connectivity index is 2.51. The summed E-state index contributed by atoms with van der Waals surface area (Å²) < 4.78 is 1.00. The summed E-state index contributed by atoms with van der Waals surface area (Å²) in [6.45, 7) is 2.66. The normalized spacial score (nSPS) is 12.7. The molecule has 0 aromatic heterocycles. The fourth-order valence-corrected chi connectivity index (χ4v) is 2.46. The van der Waals surface area contributed by atoms with Gasteiger partial charge < -0.3 is 0 Å². The van der Waals surface area contributed by atoms with E-state index in [2.05, 4.69) is 34.0 Å². The number of ketones is 1. The molecule has 0 fully saturated rings. The van der Waals surface area contributed by atoms with Gasteiger partial charge in [-0.3, -0.25) is 9.69 Å². The molecule has 0 N–H and O–H groups in total. The number of nitrogens with zero attached hydrogens (tertiary/aromatic N) is 1. The lowest BCUT2D eigenvalue weighted by Gasteiger charge is -2.23. The highest BCUT2D eigenvalue weighted by atomic mass is 79.9. The van der Waals surface area contributed by atoms with Crippen LogP contribution in [0.2, 0.25) is 0 Å². The first-order chi connectivity index (χ1) is 8.54. The summed E-state index contributed by atoms with van der Waals surface area (Å²) in [5.41, 5.74) is 0.780. The number of benzene rings is 1. The third kappa shape index (κ3) is 5.12. The van der Waals surface area contributed by atoms with Crippen molar-refractivity contribution in [3.63, 3.8) is 0 Å². The van der Waals surface area contributed by atoms with Gasteiger partial charge in [0.05, 0.1) is 6.54 Å². The Labute approximate surface area is 122 Å². The van der Waals surface area contributed by atoms with Crippen LogP contribution in [0.4, 0.5) is 0 Å². The molecule has 0 aliphatic carbocycles. The average Bonchev–Trinajstić information content (AvgIpc) is 2.36. The molecule has 0 aliphatic rings. The number of rotatable bonds is 7. The summed E-state index contributed by atoms with van der Waals surface area (Å²) in [6.07, 6.45) is 3.23. The van der Waals surface area contributed by atoms with E-state index in [1.165, 1.54) is 0 Å². The number of carbonyl (C=O) groups is 1. The van der Waals surface area contributed by atoms with Crippen molar-refractivity contribution in [1.29, 1.82) is 0 Å². The van der Waals surface area contributed by atoms with E-state index in [1.54, 1.807) is 0 Å². The minimum atomic E-state index is 0.181. The zero-order chi connectivity index (χ0) is 13.5. The van der Waals surface area contributed by atoms with Gasteiger partial charge >= 0.3 is 0 Å². The van der Waals surface area contributed by atoms with Crippen LogP contribution in [0, 0.1) is 0 Å². The maximum absolute atomic E-state index is 12.1. The molecule has 1 aromatic carbocycles. The molecule has 0 saturated carbocycles. The standard InChI is InChI=1S/C14H20BrNOS/c1-11(8-9-18-3)16(2)10-14(17)12-4-6-13(15)7-5-12/h4-7,11H,8-10H2,1-3H3. The fourth-order valence-electron chi connectivity index (χ4n) is 1.62. The van der Waals surface area contributed by atoms with E-state index in [9.17, 15) is 4.79 Å². The van der Waals surface area contributed by atoms with Crippen LogP contribution in [0.1, 0.15) is 23.7 Å². The van der Waals surface area contributed by atoms with E-state index in [4.69, 9.17) is 0 Å². The third-order valence-corrected chi connectivity index (χ3v) is 4.22. The molecule has 100 valence electrons. The van der Waals surface area contributed by atoms with Crippen molar-refractivity contribution < 1.29 is 4.79 Å². The number of hydrogen-bond donors (Lipinski definition) is 0. The molecule has 0 aliphatic heterocycles. The monoisotopic (exact) mass is 329 g/mol. The van der Waals surface area contributed by atoms with Crippen molar-refractivity contribution in [3.8, 4) is 0 Å². The second-order valence-electron chi connectivity index (χ2n) is 4.48. The molecule has 4 heteroatoms. The molecule has 2 nitrogen and oxygen atoms in total. The van der Waals surface area contributed by atoms with Crippen LogP contribution in [0.3, 0.4) is 0 Å². The SMILES string of the molecule is CSCCC(C)N(C)CC(=O)c1ccc(Br)cc1.